The van der Waals surface area contributed by atoms with Crippen molar-refractivity contribution in [1.29, 1.82) is 0 Å². The summed E-state index contributed by atoms with van der Waals surface area (Å²) in [5.74, 6) is -2.36. The van der Waals surface area contributed by atoms with Crippen molar-refractivity contribution in [2.75, 3.05) is 23.9 Å². The summed E-state index contributed by atoms with van der Waals surface area (Å²) in [5, 5.41) is 3.14. The molecule has 1 saturated heterocycles. The van der Waals surface area contributed by atoms with Gasteiger partial charge in [-0.3, -0.25) is 9.59 Å². The topological polar surface area (TPSA) is 75.7 Å². The van der Waals surface area contributed by atoms with E-state index in [2.05, 4.69) is 5.32 Å². The zero-order valence-electron chi connectivity index (χ0n) is 15.2. The molecule has 0 saturated carbocycles. The van der Waals surface area contributed by atoms with Gasteiger partial charge in [0.25, 0.3) is 0 Å². The summed E-state index contributed by atoms with van der Waals surface area (Å²) >= 11 is 1.28. The van der Waals surface area contributed by atoms with Crippen LogP contribution in [0.25, 0.3) is 0 Å². The molecular weight excluding hydrogens is 371 g/mol. The molecule has 1 aromatic carbocycles. The first kappa shape index (κ1) is 19.0. The van der Waals surface area contributed by atoms with Crippen LogP contribution in [0.3, 0.4) is 0 Å². The predicted molar refractivity (Wildman–Crippen MR) is 101 cm³/mol. The van der Waals surface area contributed by atoms with Gasteiger partial charge in [-0.25, -0.2) is 9.18 Å². The number of thiophene rings is 1. The number of ether oxygens (including phenoxy) is 1. The van der Waals surface area contributed by atoms with E-state index in [1.165, 1.54) is 35.5 Å². The van der Waals surface area contributed by atoms with Crippen molar-refractivity contribution in [1.82, 2.24) is 0 Å². The Hall–Kier alpha value is -2.74. The highest BCUT2D eigenvalue weighted by molar-refractivity contribution is 7.16. The summed E-state index contributed by atoms with van der Waals surface area (Å²) in [6.45, 7) is 3.72. The monoisotopic (exact) mass is 390 g/mol. The van der Waals surface area contributed by atoms with Crippen LogP contribution < -0.4 is 10.2 Å². The average Bonchev–Trinajstić information content (AvgIpc) is 3.15. The molecule has 1 unspecified atom stereocenters. The van der Waals surface area contributed by atoms with Crippen molar-refractivity contribution in [2.24, 2.45) is 5.92 Å². The average molecular weight is 390 g/mol. The molecule has 1 N–H and O–H groups in total. The Labute approximate surface area is 159 Å². The van der Waals surface area contributed by atoms with E-state index < -0.39 is 17.7 Å². The fourth-order valence-corrected chi connectivity index (χ4v) is 4.11. The Kier molecular flexibility index (Phi) is 5.27. The zero-order valence-corrected chi connectivity index (χ0v) is 16.0. The van der Waals surface area contributed by atoms with Gasteiger partial charge in [-0.05, 0) is 31.5 Å². The van der Waals surface area contributed by atoms with Crippen LogP contribution in [0.2, 0.25) is 0 Å². The number of benzene rings is 1. The van der Waals surface area contributed by atoms with Crippen molar-refractivity contribution >= 4 is 39.8 Å². The molecule has 0 spiro atoms. The first-order valence-corrected chi connectivity index (χ1v) is 9.19. The van der Waals surface area contributed by atoms with Crippen molar-refractivity contribution < 1.29 is 23.5 Å². The number of rotatable bonds is 4. The Morgan fingerprint density at radius 3 is 2.67 bits per heavy atom. The van der Waals surface area contributed by atoms with Crippen LogP contribution in [-0.4, -0.2) is 31.4 Å². The SMILES string of the molecule is COC(=O)c1c(NC(=O)C2CC(=O)N(c3ccccc3F)C2)sc(C)c1C. The molecule has 6 nitrogen and oxygen atoms in total. The second-order valence-electron chi connectivity index (χ2n) is 6.33. The number of esters is 1. The van der Waals surface area contributed by atoms with E-state index in [-0.39, 0.29) is 30.5 Å². The lowest BCUT2D eigenvalue weighted by atomic mass is 10.1. The molecule has 142 valence electrons. The summed E-state index contributed by atoms with van der Waals surface area (Å²) in [5.41, 5.74) is 1.23. The van der Waals surface area contributed by atoms with Crippen LogP contribution in [-0.2, 0) is 14.3 Å². The van der Waals surface area contributed by atoms with Crippen molar-refractivity contribution in [3.05, 3.63) is 46.1 Å². The summed E-state index contributed by atoms with van der Waals surface area (Å²) in [6, 6.07) is 5.96. The molecule has 2 amide bonds. The van der Waals surface area contributed by atoms with Crippen molar-refractivity contribution in [3.8, 4) is 0 Å². The molecule has 2 heterocycles. The highest BCUT2D eigenvalue weighted by Crippen LogP contribution is 2.34. The van der Waals surface area contributed by atoms with Crippen LogP contribution in [0, 0.1) is 25.6 Å². The standard InChI is InChI=1S/C19H19FN2O4S/c1-10-11(2)27-18(16(10)19(25)26-3)21-17(24)12-8-15(23)22(9-12)14-7-5-4-6-13(14)20/h4-7,12H,8-9H2,1-3H3,(H,21,24). The van der Waals surface area contributed by atoms with Crippen LogP contribution in [0.15, 0.2) is 24.3 Å². The summed E-state index contributed by atoms with van der Waals surface area (Å²) in [6.07, 6.45) is -0.0168. The third-order valence-corrected chi connectivity index (χ3v) is 5.77. The quantitative estimate of drug-likeness (QED) is 0.813. The molecule has 1 fully saturated rings. The normalized spacial score (nSPS) is 16.5. The van der Waals surface area contributed by atoms with E-state index in [0.717, 1.165) is 10.4 Å². The number of carbonyl (C=O) groups is 3. The summed E-state index contributed by atoms with van der Waals surface area (Å²) < 4.78 is 18.8. The number of nitrogens with zero attached hydrogens (tertiary/aromatic N) is 1. The predicted octanol–water partition coefficient (Wildman–Crippen LogP) is 3.28. The van der Waals surface area contributed by atoms with Gasteiger partial charge in [0.2, 0.25) is 11.8 Å². The molecule has 0 bridgehead atoms. The first-order chi connectivity index (χ1) is 12.8. The van der Waals surface area contributed by atoms with E-state index in [4.69, 9.17) is 4.74 Å². The third kappa shape index (κ3) is 3.57. The van der Waals surface area contributed by atoms with E-state index in [0.29, 0.717) is 10.6 Å². The highest BCUT2D eigenvalue weighted by atomic mass is 32.1. The molecule has 0 aliphatic carbocycles. The zero-order chi connectivity index (χ0) is 19.7. The van der Waals surface area contributed by atoms with E-state index in [1.807, 2.05) is 6.92 Å². The smallest absolute Gasteiger partial charge is 0.341 e. The number of hydrogen-bond acceptors (Lipinski definition) is 5. The number of nitrogens with one attached hydrogen (secondary N) is 1. The Balaban J connectivity index is 1.79. The van der Waals surface area contributed by atoms with Gasteiger partial charge in [0.05, 0.1) is 24.3 Å². The molecule has 8 heteroatoms. The minimum absolute atomic E-state index is 0.0168. The molecule has 1 aromatic heterocycles. The molecule has 1 atom stereocenters. The Bertz CT molecular complexity index is 924. The minimum atomic E-state index is -0.634. The second kappa shape index (κ2) is 7.48. The summed E-state index contributed by atoms with van der Waals surface area (Å²) in [7, 11) is 1.28. The number of para-hydroxylation sites is 1. The van der Waals surface area contributed by atoms with Crippen LogP contribution in [0.1, 0.15) is 27.2 Å². The second-order valence-corrected chi connectivity index (χ2v) is 7.55. The van der Waals surface area contributed by atoms with Gasteiger partial charge in [0.1, 0.15) is 10.8 Å². The number of carbonyl (C=O) groups excluding carboxylic acids is 3. The van der Waals surface area contributed by atoms with Gasteiger partial charge in [-0.15, -0.1) is 11.3 Å². The Morgan fingerprint density at radius 1 is 1.30 bits per heavy atom. The van der Waals surface area contributed by atoms with Gasteiger partial charge in [0.15, 0.2) is 0 Å². The number of anilines is 2. The fraction of sp³-hybridized carbons (Fsp3) is 0.316. The van der Waals surface area contributed by atoms with E-state index in [1.54, 1.807) is 19.1 Å². The molecule has 27 heavy (non-hydrogen) atoms. The fourth-order valence-electron chi connectivity index (χ4n) is 3.06. The van der Waals surface area contributed by atoms with Crippen LogP contribution in [0.4, 0.5) is 15.1 Å². The van der Waals surface area contributed by atoms with Crippen LogP contribution >= 0.6 is 11.3 Å². The molecule has 1 aliphatic heterocycles. The lowest BCUT2D eigenvalue weighted by Gasteiger charge is -2.17. The van der Waals surface area contributed by atoms with Crippen molar-refractivity contribution in [2.45, 2.75) is 20.3 Å². The lowest BCUT2D eigenvalue weighted by molar-refractivity contribution is -0.122. The maximum atomic E-state index is 14.0. The number of amides is 2. The lowest BCUT2D eigenvalue weighted by Crippen LogP contribution is -2.28. The van der Waals surface area contributed by atoms with Crippen LogP contribution in [0.5, 0.6) is 0 Å². The number of methoxy groups -OCH3 is 1. The number of halogens is 1. The minimum Gasteiger partial charge on any atom is -0.465 e. The third-order valence-electron chi connectivity index (χ3n) is 4.65. The maximum absolute atomic E-state index is 14.0. The van der Waals surface area contributed by atoms with E-state index in [9.17, 15) is 18.8 Å². The molecular formula is C19H19FN2O4S. The molecule has 1 aliphatic rings. The number of aryl methyl sites for hydroxylation is 1. The molecule has 0 radical (unpaired) electrons. The molecule has 2 aromatic rings. The summed E-state index contributed by atoms with van der Waals surface area (Å²) in [4.78, 5) is 39.2. The van der Waals surface area contributed by atoms with Gasteiger partial charge in [0, 0.05) is 17.8 Å². The molecule has 3 rings (SSSR count). The Morgan fingerprint density at radius 2 is 2.00 bits per heavy atom. The van der Waals surface area contributed by atoms with Crippen molar-refractivity contribution in [3.63, 3.8) is 0 Å². The van der Waals surface area contributed by atoms with Gasteiger partial charge >= 0.3 is 5.97 Å². The van der Waals surface area contributed by atoms with Gasteiger partial charge < -0.3 is 15.0 Å². The largest absolute Gasteiger partial charge is 0.465 e. The van der Waals surface area contributed by atoms with Gasteiger partial charge in [-0.2, -0.15) is 0 Å². The van der Waals surface area contributed by atoms with E-state index >= 15 is 0 Å². The highest BCUT2D eigenvalue weighted by Gasteiger charge is 2.37. The maximum Gasteiger partial charge on any atom is 0.341 e. The van der Waals surface area contributed by atoms with Gasteiger partial charge in [-0.1, -0.05) is 12.1 Å². The first-order valence-electron chi connectivity index (χ1n) is 8.37. The number of hydrogen-bond donors (Lipinski definition) is 1.